The number of rotatable bonds is 6. The molecule has 11 nitrogen and oxygen atoms in total. The number of carbonyl (C=O) groups is 4. The van der Waals surface area contributed by atoms with Crippen molar-refractivity contribution in [2.45, 2.75) is 130 Å². The molecule has 0 bridgehead atoms. The molecule has 0 aromatic heterocycles. The molecule has 0 amide bonds. The minimum Gasteiger partial charge on any atom is -0.507 e. The minimum atomic E-state index is -0.747. The Kier molecular flexibility index (Phi) is 12.3. The summed E-state index contributed by atoms with van der Waals surface area (Å²) in [5.41, 5.74) is 4.46. The Balaban J connectivity index is 0.000000205. The van der Waals surface area contributed by atoms with Crippen molar-refractivity contribution in [1.29, 1.82) is 0 Å². The van der Waals surface area contributed by atoms with Gasteiger partial charge in [0.1, 0.15) is 23.0 Å². The number of ether oxygens (including phenoxy) is 4. The highest BCUT2D eigenvalue weighted by Gasteiger charge is 2.38. The first kappa shape index (κ1) is 38.3. The second-order valence-corrected chi connectivity index (χ2v) is 13.9. The van der Waals surface area contributed by atoms with Crippen LogP contribution in [0.5, 0.6) is 23.0 Å². The number of benzene rings is 2. The van der Waals surface area contributed by atoms with Gasteiger partial charge in [0.05, 0.1) is 12.8 Å². The number of cyclic esters (lactones) is 2. The summed E-state index contributed by atoms with van der Waals surface area (Å²) in [5.74, 6) is 0.391. The molecular weight excluding hydrogens is 620 g/mol. The molecule has 2 aromatic carbocycles. The second-order valence-electron chi connectivity index (χ2n) is 13.9. The maximum absolute atomic E-state index is 11.7. The summed E-state index contributed by atoms with van der Waals surface area (Å²) in [7, 11) is 0. The van der Waals surface area contributed by atoms with E-state index in [2.05, 4.69) is 16.4 Å². The third-order valence-corrected chi connectivity index (χ3v) is 8.80. The highest BCUT2D eigenvalue weighted by Crippen LogP contribution is 2.46. The number of phenolic OH excluding ortho intramolecular Hbond substituents is 2. The summed E-state index contributed by atoms with van der Waals surface area (Å²) in [4.78, 5) is 44.6. The molecule has 0 spiro atoms. The van der Waals surface area contributed by atoms with Gasteiger partial charge in [-0.1, -0.05) is 41.0 Å². The lowest BCUT2D eigenvalue weighted by molar-refractivity contribution is -0.191. The Labute approximate surface area is 282 Å². The van der Waals surface area contributed by atoms with Gasteiger partial charge >= 0.3 is 23.9 Å². The second kappa shape index (κ2) is 15.4. The molecule has 3 aliphatic heterocycles. The van der Waals surface area contributed by atoms with Gasteiger partial charge in [-0.15, -0.1) is 0 Å². The van der Waals surface area contributed by atoms with Gasteiger partial charge in [0.25, 0.3) is 0 Å². The molecule has 0 aliphatic carbocycles. The van der Waals surface area contributed by atoms with Crippen molar-refractivity contribution in [2.75, 3.05) is 6.61 Å². The number of aliphatic hydroxyl groups excluding tert-OH is 1. The molecule has 11 heteroatoms. The molecule has 0 radical (unpaired) electrons. The zero-order valence-corrected chi connectivity index (χ0v) is 29.6. The molecule has 1 saturated heterocycles. The summed E-state index contributed by atoms with van der Waals surface area (Å²) in [5, 5.41) is 29.5. The van der Waals surface area contributed by atoms with Crippen LogP contribution in [0.3, 0.4) is 0 Å². The molecule has 5 rings (SSSR count). The molecule has 0 saturated carbocycles. The first-order valence-electron chi connectivity index (χ1n) is 16.5. The number of aromatic hydroxyl groups is 2. The quantitative estimate of drug-likeness (QED) is 0.255. The number of fused-ring (bicyclic) bond motifs is 2. The van der Waals surface area contributed by atoms with E-state index >= 15 is 0 Å². The fraction of sp³-hybridized carbons (Fsp3) is 0.568. The van der Waals surface area contributed by atoms with Crippen LogP contribution in [0.15, 0.2) is 12.1 Å². The zero-order valence-electron chi connectivity index (χ0n) is 29.6. The molecular formula is C37H50O11. The van der Waals surface area contributed by atoms with Crippen LogP contribution < -0.4 is 9.47 Å². The highest BCUT2D eigenvalue weighted by atomic mass is 16.6. The Morgan fingerprint density at radius 3 is 1.44 bits per heavy atom. The molecule has 3 N–H and O–H groups in total. The van der Waals surface area contributed by atoms with Gasteiger partial charge in [-0.3, -0.25) is 9.59 Å². The van der Waals surface area contributed by atoms with Crippen LogP contribution in [0.1, 0.15) is 114 Å². The average Bonchev–Trinajstić information content (AvgIpc) is 2.97. The molecule has 3 heterocycles. The normalized spacial score (nSPS) is 20.3. The molecule has 48 heavy (non-hydrogen) atoms. The lowest BCUT2D eigenvalue weighted by Gasteiger charge is -2.33. The summed E-state index contributed by atoms with van der Waals surface area (Å²) in [6.07, 6.45) is 3.22. The average molecular weight is 671 g/mol. The smallest absolute Gasteiger partial charge is 0.347 e. The fourth-order valence-corrected chi connectivity index (χ4v) is 6.40. The van der Waals surface area contributed by atoms with Crippen LogP contribution in [0.4, 0.5) is 0 Å². The van der Waals surface area contributed by atoms with Crippen LogP contribution in [0.25, 0.3) is 0 Å². The van der Waals surface area contributed by atoms with Crippen LogP contribution in [0.2, 0.25) is 0 Å². The Hall–Kier alpha value is -4.12. The molecule has 2 unspecified atom stereocenters. The van der Waals surface area contributed by atoms with E-state index in [4.69, 9.17) is 14.6 Å². The summed E-state index contributed by atoms with van der Waals surface area (Å²) >= 11 is 0. The van der Waals surface area contributed by atoms with E-state index in [1.54, 1.807) is 6.07 Å². The summed E-state index contributed by atoms with van der Waals surface area (Å²) in [6, 6.07) is 3.57. The van der Waals surface area contributed by atoms with E-state index in [1.165, 1.54) is 13.8 Å². The minimum absolute atomic E-state index is 0.0703. The van der Waals surface area contributed by atoms with Crippen LogP contribution >= 0.6 is 0 Å². The van der Waals surface area contributed by atoms with E-state index in [0.29, 0.717) is 42.9 Å². The lowest BCUT2D eigenvalue weighted by atomic mass is 9.76. The number of phenols is 2. The zero-order chi connectivity index (χ0) is 36.1. The summed E-state index contributed by atoms with van der Waals surface area (Å²) < 4.78 is 19.9. The highest BCUT2D eigenvalue weighted by molar-refractivity contribution is 5.86. The van der Waals surface area contributed by atoms with Crippen molar-refractivity contribution < 1.29 is 53.4 Å². The Bertz CT molecular complexity index is 1440. The van der Waals surface area contributed by atoms with Gasteiger partial charge in [-0.2, -0.15) is 0 Å². The Morgan fingerprint density at radius 1 is 0.708 bits per heavy atom. The van der Waals surface area contributed by atoms with Gasteiger partial charge in [-0.05, 0) is 87.8 Å². The maximum atomic E-state index is 11.7. The third-order valence-electron chi connectivity index (χ3n) is 8.80. The number of unbranched alkanes of at least 4 members (excludes halogenated alkanes) is 1. The monoisotopic (exact) mass is 670 g/mol. The number of carbonyl (C=O) groups excluding carboxylic acids is 4. The first-order valence-corrected chi connectivity index (χ1v) is 16.5. The largest absolute Gasteiger partial charge is 0.507 e. The van der Waals surface area contributed by atoms with Crippen molar-refractivity contribution in [3.63, 3.8) is 0 Å². The van der Waals surface area contributed by atoms with Crippen LogP contribution in [-0.2, 0) is 52.3 Å². The van der Waals surface area contributed by atoms with E-state index in [1.807, 2.05) is 47.6 Å². The van der Waals surface area contributed by atoms with Crippen molar-refractivity contribution in [3.8, 4) is 23.0 Å². The van der Waals surface area contributed by atoms with Crippen molar-refractivity contribution in [3.05, 3.63) is 45.5 Å². The van der Waals surface area contributed by atoms with Gasteiger partial charge < -0.3 is 34.3 Å². The molecule has 2 aromatic rings. The molecule has 3 aliphatic rings. The van der Waals surface area contributed by atoms with Gasteiger partial charge in [0.2, 0.25) is 0 Å². The van der Waals surface area contributed by atoms with E-state index in [9.17, 15) is 29.4 Å². The predicted octanol–water partition coefficient (Wildman–Crippen LogP) is 5.71. The van der Waals surface area contributed by atoms with E-state index in [-0.39, 0.29) is 35.1 Å². The SMILES string of the molecule is CC1OC(=O)C(C)OC1=O.CCCCc1cc2c(c(C)c1O)C(C)(C)CC(=O)O2.Cc1c(O)c(CCCO)cc2c1C(C)(C)CC(=O)O2. The fourth-order valence-electron chi connectivity index (χ4n) is 6.40. The standard InChI is InChI=1S/C16H22O3.C15H20O4.C6H8O4/c1-5-6-7-11-8-12-14(10(2)15(11)18)16(3,4)9-13(17)19-12;1-9-13-11(19-12(17)8-15(13,2)3)7-10(14(9)18)5-4-6-16;1-3-5(7)10-4(2)6(8)9-3/h8,18H,5-7,9H2,1-4H3;7,16,18H,4-6,8H2,1-3H3;3-4H,1-2H3. The van der Waals surface area contributed by atoms with Crippen molar-refractivity contribution >= 4 is 23.9 Å². The molecule has 2 atom stereocenters. The van der Waals surface area contributed by atoms with Crippen LogP contribution in [-0.4, -0.2) is 58.0 Å². The summed E-state index contributed by atoms with van der Waals surface area (Å²) in [6.45, 7) is 16.9. The topological polar surface area (TPSA) is 166 Å². The molecule has 264 valence electrons. The predicted molar refractivity (Wildman–Crippen MR) is 177 cm³/mol. The number of hydrogen-bond donors (Lipinski definition) is 3. The van der Waals surface area contributed by atoms with Crippen molar-refractivity contribution in [1.82, 2.24) is 0 Å². The maximum Gasteiger partial charge on any atom is 0.347 e. The number of hydrogen-bond acceptors (Lipinski definition) is 11. The number of esters is 4. The van der Waals surface area contributed by atoms with Crippen molar-refractivity contribution in [2.24, 2.45) is 0 Å². The van der Waals surface area contributed by atoms with Gasteiger partial charge in [0.15, 0.2) is 12.2 Å². The van der Waals surface area contributed by atoms with E-state index in [0.717, 1.165) is 52.6 Å². The first-order chi connectivity index (χ1) is 22.3. The number of aliphatic hydroxyl groups is 1. The Morgan fingerprint density at radius 2 is 1.08 bits per heavy atom. The van der Waals surface area contributed by atoms with Gasteiger partial charge in [-0.25, -0.2) is 9.59 Å². The lowest BCUT2D eigenvalue weighted by Crippen LogP contribution is -2.40. The van der Waals surface area contributed by atoms with Gasteiger partial charge in [0, 0.05) is 28.6 Å². The van der Waals surface area contributed by atoms with E-state index < -0.39 is 24.1 Å². The van der Waals surface area contributed by atoms with Crippen LogP contribution in [0, 0.1) is 13.8 Å². The molecule has 1 fully saturated rings. The third kappa shape index (κ3) is 8.66. The number of aryl methyl sites for hydroxylation is 2.